The van der Waals surface area contributed by atoms with Gasteiger partial charge in [-0.1, -0.05) is 11.8 Å². The fourth-order valence-corrected chi connectivity index (χ4v) is 1.92. The summed E-state index contributed by atoms with van der Waals surface area (Å²) in [5, 5.41) is 23.1. The first-order chi connectivity index (χ1) is 10.2. The average molecular weight is 329 g/mol. The van der Waals surface area contributed by atoms with Crippen LogP contribution in [0.1, 0.15) is 38.9 Å². The fraction of sp³-hybridized carbons (Fsp3) is 0.643. The van der Waals surface area contributed by atoms with E-state index in [2.05, 4.69) is 15.3 Å². The zero-order valence-corrected chi connectivity index (χ0v) is 14.1. The third kappa shape index (κ3) is 6.59. The van der Waals surface area contributed by atoms with Gasteiger partial charge >= 0.3 is 6.09 Å². The smallest absolute Gasteiger partial charge is 0.407 e. The number of hydrogen-bond acceptors (Lipinski definition) is 7. The number of aliphatic hydroxyl groups is 2. The molecule has 2 atom stereocenters. The summed E-state index contributed by atoms with van der Waals surface area (Å²) in [6.07, 6.45) is 2.31. The van der Waals surface area contributed by atoms with Crippen LogP contribution < -0.4 is 5.32 Å². The van der Waals surface area contributed by atoms with Gasteiger partial charge in [-0.25, -0.2) is 14.8 Å². The molecule has 0 spiro atoms. The first-order valence-electron chi connectivity index (χ1n) is 6.92. The molecule has 2 unspecified atom stereocenters. The molecule has 0 fully saturated rings. The monoisotopic (exact) mass is 329 g/mol. The molecule has 0 aliphatic rings. The molecule has 1 aromatic rings. The van der Waals surface area contributed by atoms with Gasteiger partial charge in [0.1, 0.15) is 11.7 Å². The number of carbonyl (C=O) groups excluding carboxylic acids is 1. The van der Waals surface area contributed by atoms with Crippen molar-refractivity contribution in [2.45, 2.75) is 50.2 Å². The van der Waals surface area contributed by atoms with E-state index in [1.54, 1.807) is 20.8 Å². The third-order valence-electron chi connectivity index (χ3n) is 2.65. The van der Waals surface area contributed by atoms with Crippen LogP contribution in [-0.2, 0) is 4.74 Å². The molecule has 124 valence electrons. The predicted molar refractivity (Wildman–Crippen MR) is 83.6 cm³/mol. The Morgan fingerprint density at radius 2 is 1.95 bits per heavy atom. The van der Waals surface area contributed by atoms with E-state index >= 15 is 0 Å². The van der Waals surface area contributed by atoms with E-state index in [4.69, 9.17) is 4.74 Å². The molecular weight excluding hydrogens is 306 g/mol. The Hall–Kier alpha value is -1.38. The van der Waals surface area contributed by atoms with E-state index in [1.165, 1.54) is 24.2 Å². The van der Waals surface area contributed by atoms with Gasteiger partial charge in [-0.3, -0.25) is 0 Å². The Morgan fingerprint density at radius 1 is 1.36 bits per heavy atom. The second kappa shape index (κ2) is 8.30. The molecule has 22 heavy (non-hydrogen) atoms. The van der Waals surface area contributed by atoms with Crippen LogP contribution >= 0.6 is 11.8 Å². The summed E-state index contributed by atoms with van der Waals surface area (Å²) >= 11 is 1.39. The van der Waals surface area contributed by atoms with Crippen LogP contribution in [0.4, 0.5) is 4.79 Å². The first kappa shape index (κ1) is 18.7. The number of amides is 1. The number of nitrogens with zero attached hydrogens (tertiary/aromatic N) is 2. The summed E-state index contributed by atoms with van der Waals surface area (Å²) in [5.41, 5.74) is -0.138. The molecular formula is C14H23N3O4S. The molecule has 0 saturated heterocycles. The van der Waals surface area contributed by atoms with Crippen molar-refractivity contribution in [3.05, 3.63) is 18.0 Å². The molecule has 0 aromatic carbocycles. The normalized spacial score (nSPS) is 14.3. The van der Waals surface area contributed by atoms with E-state index in [9.17, 15) is 15.0 Å². The van der Waals surface area contributed by atoms with E-state index in [1.807, 2.05) is 6.26 Å². The number of carbonyl (C=O) groups is 1. The van der Waals surface area contributed by atoms with Crippen molar-refractivity contribution < 1.29 is 19.7 Å². The number of aliphatic hydroxyl groups excluding tert-OH is 2. The minimum absolute atomic E-state index is 0.185. The van der Waals surface area contributed by atoms with Crippen LogP contribution in [0.3, 0.4) is 0 Å². The van der Waals surface area contributed by atoms with Crippen molar-refractivity contribution in [3.8, 4) is 0 Å². The van der Waals surface area contributed by atoms with Crippen molar-refractivity contribution >= 4 is 17.9 Å². The Labute approximate surface area is 134 Å². The number of aromatic nitrogens is 2. The van der Waals surface area contributed by atoms with Gasteiger partial charge in [0.05, 0.1) is 6.10 Å². The molecule has 8 heteroatoms. The van der Waals surface area contributed by atoms with Crippen LogP contribution in [0.5, 0.6) is 0 Å². The Bertz CT molecular complexity index is 476. The molecule has 1 heterocycles. The van der Waals surface area contributed by atoms with Crippen molar-refractivity contribution in [1.82, 2.24) is 15.3 Å². The van der Waals surface area contributed by atoms with E-state index in [-0.39, 0.29) is 13.0 Å². The highest BCUT2D eigenvalue weighted by Gasteiger charge is 2.20. The topological polar surface area (TPSA) is 105 Å². The Balaban J connectivity index is 2.40. The zero-order chi connectivity index (χ0) is 16.8. The van der Waals surface area contributed by atoms with Gasteiger partial charge < -0.3 is 20.3 Å². The molecule has 0 bridgehead atoms. The maximum atomic E-state index is 11.5. The summed E-state index contributed by atoms with van der Waals surface area (Å²) in [5.74, 6) is 0. The van der Waals surface area contributed by atoms with E-state index < -0.39 is 23.9 Å². The van der Waals surface area contributed by atoms with Gasteiger partial charge in [0.2, 0.25) is 0 Å². The molecule has 0 aliphatic carbocycles. The highest BCUT2D eigenvalue weighted by Crippen LogP contribution is 2.18. The number of ether oxygens (including phenoxy) is 1. The summed E-state index contributed by atoms with van der Waals surface area (Å²) in [6.45, 7) is 5.49. The van der Waals surface area contributed by atoms with Crippen LogP contribution in [0.25, 0.3) is 0 Å². The van der Waals surface area contributed by atoms with Crippen molar-refractivity contribution in [2.75, 3.05) is 12.8 Å². The van der Waals surface area contributed by atoms with Gasteiger partial charge in [-0.2, -0.15) is 0 Å². The predicted octanol–water partition coefficient (Wildman–Crippen LogP) is 1.51. The highest BCUT2D eigenvalue weighted by atomic mass is 32.2. The first-order valence-corrected chi connectivity index (χ1v) is 8.14. The molecule has 7 nitrogen and oxygen atoms in total. The lowest BCUT2D eigenvalue weighted by Gasteiger charge is -2.21. The lowest BCUT2D eigenvalue weighted by molar-refractivity contribution is 0.0118. The Morgan fingerprint density at radius 3 is 2.45 bits per heavy atom. The second-order valence-electron chi connectivity index (χ2n) is 5.73. The maximum Gasteiger partial charge on any atom is 0.407 e. The van der Waals surface area contributed by atoms with Gasteiger partial charge in [-0.15, -0.1) is 0 Å². The quantitative estimate of drug-likeness (QED) is 0.536. The molecule has 0 radical (unpaired) electrons. The van der Waals surface area contributed by atoms with Crippen LogP contribution in [0.15, 0.2) is 17.6 Å². The molecule has 1 aromatic heterocycles. The van der Waals surface area contributed by atoms with E-state index in [0.29, 0.717) is 10.7 Å². The lowest BCUT2D eigenvalue weighted by Crippen LogP contribution is -2.34. The molecule has 1 amide bonds. The molecule has 0 aliphatic heterocycles. The second-order valence-corrected chi connectivity index (χ2v) is 6.51. The summed E-state index contributed by atoms with van der Waals surface area (Å²) in [4.78, 5) is 19.5. The fourth-order valence-electron chi connectivity index (χ4n) is 1.60. The van der Waals surface area contributed by atoms with Crippen molar-refractivity contribution in [2.24, 2.45) is 0 Å². The number of alkyl carbamates (subject to hydrolysis) is 1. The lowest BCUT2D eigenvalue weighted by atomic mass is 10.1. The maximum absolute atomic E-state index is 11.5. The minimum Gasteiger partial charge on any atom is -0.444 e. The van der Waals surface area contributed by atoms with Crippen LogP contribution in [0, 0.1) is 0 Å². The Kier molecular flexibility index (Phi) is 7.05. The number of hydrogen-bond donors (Lipinski definition) is 3. The number of nitrogens with one attached hydrogen (secondary N) is 1. The number of rotatable bonds is 6. The summed E-state index contributed by atoms with van der Waals surface area (Å²) in [7, 11) is 0. The molecule has 1 rings (SSSR count). The van der Waals surface area contributed by atoms with Crippen LogP contribution in [0.2, 0.25) is 0 Å². The molecule has 0 saturated carbocycles. The average Bonchev–Trinajstić information content (AvgIpc) is 2.44. The third-order valence-corrected chi connectivity index (χ3v) is 3.22. The van der Waals surface area contributed by atoms with Crippen LogP contribution in [-0.4, -0.2) is 50.8 Å². The van der Waals surface area contributed by atoms with Crippen molar-refractivity contribution in [3.63, 3.8) is 0 Å². The highest BCUT2D eigenvalue weighted by molar-refractivity contribution is 7.98. The zero-order valence-electron chi connectivity index (χ0n) is 13.2. The standard InChI is InChI=1S/C14H23N3O4S/c1-14(2,3)21-13(20)15-6-5-10(18)11(19)9-7-16-12(22-4)17-8-9/h7-8,10-11,18-19H,5-6H2,1-4H3,(H,15,20). The van der Waals surface area contributed by atoms with Gasteiger partial charge in [0.15, 0.2) is 5.16 Å². The summed E-state index contributed by atoms with van der Waals surface area (Å²) < 4.78 is 5.07. The van der Waals surface area contributed by atoms with Gasteiger partial charge in [0, 0.05) is 24.5 Å². The molecule has 3 N–H and O–H groups in total. The van der Waals surface area contributed by atoms with Crippen molar-refractivity contribution in [1.29, 1.82) is 0 Å². The van der Waals surface area contributed by atoms with Gasteiger partial charge in [-0.05, 0) is 33.4 Å². The van der Waals surface area contributed by atoms with Gasteiger partial charge in [0.25, 0.3) is 0 Å². The van der Waals surface area contributed by atoms with E-state index in [0.717, 1.165) is 0 Å². The summed E-state index contributed by atoms with van der Waals surface area (Å²) in [6, 6.07) is 0. The largest absolute Gasteiger partial charge is 0.444 e. The SMILES string of the molecule is CSc1ncc(C(O)C(O)CCNC(=O)OC(C)(C)C)cn1. The minimum atomic E-state index is -1.10. The number of thioether (sulfide) groups is 1.